The van der Waals surface area contributed by atoms with Crippen molar-refractivity contribution in [3.8, 4) is 0 Å². The molecule has 1 rings (SSSR count). The van der Waals surface area contributed by atoms with Crippen LogP contribution >= 0.6 is 0 Å². The number of esters is 1. The van der Waals surface area contributed by atoms with Gasteiger partial charge in [-0.2, -0.15) is 0 Å². The smallest absolute Gasteiger partial charge is 0.340 e. The third-order valence-corrected chi connectivity index (χ3v) is 2.42. The molecule has 0 aliphatic heterocycles. The van der Waals surface area contributed by atoms with Gasteiger partial charge in [0.15, 0.2) is 6.61 Å². The van der Waals surface area contributed by atoms with Gasteiger partial charge in [0.1, 0.15) is 0 Å². The molecule has 0 aromatic heterocycles. The summed E-state index contributed by atoms with van der Waals surface area (Å²) in [5.74, 6) is -0.934. The number of benzene rings is 1. The predicted molar refractivity (Wildman–Crippen MR) is 80.2 cm³/mol. The molecule has 1 aromatic carbocycles. The van der Waals surface area contributed by atoms with Crippen LogP contribution in [0.3, 0.4) is 0 Å². The van der Waals surface area contributed by atoms with Crippen molar-refractivity contribution in [2.75, 3.05) is 25.1 Å². The summed E-state index contributed by atoms with van der Waals surface area (Å²) in [4.78, 5) is 23.6. The third-order valence-electron chi connectivity index (χ3n) is 2.42. The number of hydrogen-bond acceptors (Lipinski definition) is 5. The van der Waals surface area contributed by atoms with Gasteiger partial charge in [0.2, 0.25) is 0 Å². The predicted octanol–water partition coefficient (Wildman–Crippen LogP) is 1.16. The molecular weight excluding hydrogens is 272 g/mol. The number of aliphatic hydroxyl groups is 1. The molecule has 6 heteroatoms. The Bertz CT molecular complexity index is 495. The van der Waals surface area contributed by atoms with E-state index in [2.05, 4.69) is 10.6 Å². The minimum absolute atomic E-state index is 0.0443. The highest BCUT2D eigenvalue weighted by Crippen LogP contribution is 2.15. The van der Waals surface area contributed by atoms with Gasteiger partial charge >= 0.3 is 5.97 Å². The molecule has 6 nitrogen and oxygen atoms in total. The van der Waals surface area contributed by atoms with Crippen molar-refractivity contribution < 1.29 is 19.4 Å². The Morgan fingerprint density at radius 2 is 1.90 bits per heavy atom. The molecule has 0 atom stereocenters. The first kappa shape index (κ1) is 17.0. The fourth-order valence-electron chi connectivity index (χ4n) is 1.67. The van der Waals surface area contributed by atoms with Gasteiger partial charge in [-0.15, -0.1) is 0 Å². The summed E-state index contributed by atoms with van der Waals surface area (Å²) < 4.78 is 5.00. The van der Waals surface area contributed by atoms with Gasteiger partial charge in [-0.3, -0.25) is 4.79 Å². The van der Waals surface area contributed by atoms with Gasteiger partial charge in [-0.1, -0.05) is 12.1 Å². The Labute approximate surface area is 124 Å². The molecule has 0 radical (unpaired) electrons. The van der Waals surface area contributed by atoms with Crippen LogP contribution < -0.4 is 10.6 Å². The SMILES string of the molecule is CC(C)(C)NC(=O)COC(=O)c1ccccc1NCCO. The average Bonchev–Trinajstić information content (AvgIpc) is 2.41. The second-order valence-electron chi connectivity index (χ2n) is 5.57. The first-order valence-corrected chi connectivity index (χ1v) is 6.75. The lowest BCUT2D eigenvalue weighted by atomic mass is 10.1. The summed E-state index contributed by atoms with van der Waals surface area (Å²) in [5.41, 5.74) is 0.520. The van der Waals surface area contributed by atoms with Gasteiger partial charge in [0, 0.05) is 17.8 Å². The highest BCUT2D eigenvalue weighted by molar-refractivity contribution is 5.96. The molecule has 0 bridgehead atoms. The van der Waals surface area contributed by atoms with E-state index in [1.54, 1.807) is 24.3 Å². The minimum Gasteiger partial charge on any atom is -0.452 e. The van der Waals surface area contributed by atoms with Gasteiger partial charge < -0.3 is 20.5 Å². The third kappa shape index (κ3) is 6.27. The standard InChI is InChI=1S/C15H22N2O4/c1-15(2,3)17-13(19)10-21-14(20)11-6-4-5-7-12(11)16-8-9-18/h4-7,16,18H,8-10H2,1-3H3,(H,17,19). The second kappa shape index (κ2) is 7.64. The molecule has 0 saturated heterocycles. The van der Waals surface area contributed by atoms with Crippen LogP contribution in [0, 0.1) is 0 Å². The van der Waals surface area contributed by atoms with Crippen LogP contribution in [0.15, 0.2) is 24.3 Å². The number of aliphatic hydroxyl groups excluding tert-OH is 1. The van der Waals surface area contributed by atoms with E-state index in [-0.39, 0.29) is 24.7 Å². The number of nitrogens with one attached hydrogen (secondary N) is 2. The molecule has 0 spiro atoms. The zero-order chi connectivity index (χ0) is 15.9. The Kier molecular flexibility index (Phi) is 6.17. The minimum atomic E-state index is -0.583. The lowest BCUT2D eigenvalue weighted by molar-refractivity contribution is -0.125. The number of anilines is 1. The zero-order valence-corrected chi connectivity index (χ0v) is 12.6. The number of hydrogen-bond donors (Lipinski definition) is 3. The monoisotopic (exact) mass is 294 g/mol. The van der Waals surface area contributed by atoms with Crippen LogP contribution in [-0.4, -0.2) is 42.3 Å². The lowest BCUT2D eigenvalue weighted by Gasteiger charge is -2.20. The Morgan fingerprint density at radius 1 is 1.24 bits per heavy atom. The van der Waals surface area contributed by atoms with Gasteiger partial charge in [-0.05, 0) is 32.9 Å². The number of carbonyl (C=O) groups excluding carboxylic acids is 2. The number of rotatable bonds is 6. The fourth-order valence-corrected chi connectivity index (χ4v) is 1.67. The molecule has 1 aromatic rings. The molecule has 0 aliphatic carbocycles. The maximum atomic E-state index is 12.0. The van der Waals surface area contributed by atoms with Crippen molar-refractivity contribution in [1.82, 2.24) is 5.32 Å². The summed E-state index contributed by atoms with van der Waals surface area (Å²) >= 11 is 0. The summed E-state index contributed by atoms with van der Waals surface area (Å²) in [6.45, 7) is 5.50. The van der Waals surface area contributed by atoms with E-state index in [1.807, 2.05) is 20.8 Å². The summed E-state index contributed by atoms with van der Waals surface area (Å²) in [6, 6.07) is 6.78. The number of para-hydroxylation sites is 1. The van der Waals surface area contributed by atoms with Crippen LogP contribution in [0.4, 0.5) is 5.69 Å². The van der Waals surface area contributed by atoms with Crippen LogP contribution in [-0.2, 0) is 9.53 Å². The van der Waals surface area contributed by atoms with E-state index in [9.17, 15) is 9.59 Å². The molecule has 1 amide bonds. The molecular formula is C15H22N2O4. The van der Waals surface area contributed by atoms with Crippen molar-refractivity contribution in [2.24, 2.45) is 0 Å². The molecule has 3 N–H and O–H groups in total. The first-order valence-electron chi connectivity index (χ1n) is 6.75. The quantitative estimate of drug-likeness (QED) is 0.685. The second-order valence-corrected chi connectivity index (χ2v) is 5.57. The van der Waals surface area contributed by atoms with Crippen LogP contribution in [0.2, 0.25) is 0 Å². The maximum Gasteiger partial charge on any atom is 0.340 e. The van der Waals surface area contributed by atoms with Crippen molar-refractivity contribution >= 4 is 17.6 Å². The maximum absolute atomic E-state index is 12.0. The highest BCUT2D eigenvalue weighted by atomic mass is 16.5. The van der Waals surface area contributed by atoms with Crippen molar-refractivity contribution in [3.05, 3.63) is 29.8 Å². The van der Waals surface area contributed by atoms with Crippen LogP contribution in [0.5, 0.6) is 0 Å². The van der Waals surface area contributed by atoms with E-state index >= 15 is 0 Å². The molecule has 116 valence electrons. The molecule has 0 heterocycles. The Hall–Kier alpha value is -2.08. The van der Waals surface area contributed by atoms with E-state index in [0.29, 0.717) is 17.8 Å². The largest absolute Gasteiger partial charge is 0.452 e. The van der Waals surface area contributed by atoms with Gasteiger partial charge in [-0.25, -0.2) is 4.79 Å². The number of carbonyl (C=O) groups is 2. The fraction of sp³-hybridized carbons (Fsp3) is 0.467. The Morgan fingerprint density at radius 3 is 2.52 bits per heavy atom. The van der Waals surface area contributed by atoms with E-state index in [0.717, 1.165) is 0 Å². The van der Waals surface area contributed by atoms with Crippen molar-refractivity contribution in [2.45, 2.75) is 26.3 Å². The van der Waals surface area contributed by atoms with E-state index < -0.39 is 5.97 Å². The van der Waals surface area contributed by atoms with Crippen LogP contribution in [0.25, 0.3) is 0 Å². The van der Waals surface area contributed by atoms with Crippen LogP contribution in [0.1, 0.15) is 31.1 Å². The zero-order valence-electron chi connectivity index (χ0n) is 12.6. The number of ether oxygens (including phenoxy) is 1. The molecule has 0 unspecified atom stereocenters. The molecule has 0 saturated carbocycles. The summed E-state index contributed by atoms with van der Waals surface area (Å²) in [5, 5.41) is 14.4. The van der Waals surface area contributed by atoms with E-state index in [4.69, 9.17) is 9.84 Å². The summed E-state index contributed by atoms with van der Waals surface area (Å²) in [7, 11) is 0. The highest BCUT2D eigenvalue weighted by Gasteiger charge is 2.17. The summed E-state index contributed by atoms with van der Waals surface area (Å²) in [6.07, 6.45) is 0. The lowest BCUT2D eigenvalue weighted by Crippen LogP contribution is -2.42. The topological polar surface area (TPSA) is 87.7 Å². The van der Waals surface area contributed by atoms with Crippen molar-refractivity contribution in [1.29, 1.82) is 0 Å². The average molecular weight is 294 g/mol. The molecule has 0 fully saturated rings. The first-order chi connectivity index (χ1) is 9.83. The van der Waals surface area contributed by atoms with Gasteiger partial charge in [0.05, 0.1) is 12.2 Å². The molecule has 0 aliphatic rings. The number of amides is 1. The van der Waals surface area contributed by atoms with E-state index in [1.165, 1.54) is 0 Å². The molecule has 21 heavy (non-hydrogen) atoms. The normalized spacial score (nSPS) is 10.9. The van der Waals surface area contributed by atoms with Gasteiger partial charge in [0.25, 0.3) is 5.91 Å². The van der Waals surface area contributed by atoms with Crippen molar-refractivity contribution in [3.63, 3.8) is 0 Å². The Balaban J connectivity index is 2.61.